The van der Waals surface area contributed by atoms with Crippen molar-refractivity contribution in [1.82, 2.24) is 15.3 Å². The van der Waals surface area contributed by atoms with E-state index in [2.05, 4.69) is 20.5 Å². The van der Waals surface area contributed by atoms with E-state index >= 15 is 0 Å². The Morgan fingerprint density at radius 2 is 2.03 bits per heavy atom. The summed E-state index contributed by atoms with van der Waals surface area (Å²) in [6.07, 6.45) is -2.68. The smallest absolute Gasteiger partial charge is 0.433 e. The van der Waals surface area contributed by atoms with Crippen molar-refractivity contribution in [2.45, 2.75) is 50.5 Å². The standard InChI is InChI=1S/C22H22F3N5O4/c1-10(26)19-18(20(31)27-13-4-3-5-14(13)30-32)29-21(34-19)12-6-8-15(33-2)17-11(12)7-9-16(28-17)22(23,24)25/h6-10,13-14H,3-5,26H2,1-2H3,(H,27,31)/t10-,13?,14?/m0/s1. The van der Waals surface area contributed by atoms with Gasteiger partial charge in [0.05, 0.1) is 19.2 Å². The molecule has 1 aliphatic carbocycles. The summed E-state index contributed by atoms with van der Waals surface area (Å²) in [5.41, 5.74) is 5.13. The van der Waals surface area contributed by atoms with E-state index < -0.39 is 35.9 Å². The molecule has 1 saturated carbocycles. The third kappa shape index (κ3) is 4.32. The molecule has 2 heterocycles. The van der Waals surface area contributed by atoms with E-state index in [0.29, 0.717) is 18.4 Å². The lowest BCUT2D eigenvalue weighted by Crippen LogP contribution is -2.39. The number of alkyl halides is 3. The van der Waals surface area contributed by atoms with Crippen molar-refractivity contribution in [3.8, 4) is 17.2 Å². The fourth-order valence-corrected chi connectivity index (χ4v) is 4.09. The first kappa shape index (κ1) is 23.6. The van der Waals surface area contributed by atoms with Crippen LogP contribution in [0.5, 0.6) is 5.75 Å². The Balaban J connectivity index is 1.78. The van der Waals surface area contributed by atoms with Gasteiger partial charge in [-0.3, -0.25) is 4.79 Å². The number of ether oxygens (including phenoxy) is 1. The molecule has 4 rings (SSSR count). The Hall–Kier alpha value is -3.54. The zero-order valence-corrected chi connectivity index (χ0v) is 18.3. The number of hydrogen-bond acceptors (Lipinski definition) is 8. The number of hydrogen-bond donors (Lipinski definition) is 2. The maximum atomic E-state index is 13.2. The average molecular weight is 477 g/mol. The molecule has 0 aliphatic heterocycles. The molecule has 180 valence electrons. The summed E-state index contributed by atoms with van der Waals surface area (Å²) in [4.78, 5) is 32.0. The SMILES string of the molecule is COc1ccc(-c2nc(C(=O)NC3CCCC3N=O)c([C@H](C)N)o2)c2ccc(C(F)(F)F)nc12. The third-order valence-corrected chi connectivity index (χ3v) is 5.77. The molecule has 3 N–H and O–H groups in total. The van der Waals surface area contributed by atoms with Crippen LogP contribution in [0.15, 0.2) is 33.9 Å². The molecule has 3 atom stereocenters. The quantitative estimate of drug-likeness (QED) is 0.504. The van der Waals surface area contributed by atoms with Gasteiger partial charge in [-0.1, -0.05) is 5.18 Å². The average Bonchev–Trinajstić information content (AvgIpc) is 3.44. The first-order valence-corrected chi connectivity index (χ1v) is 10.6. The van der Waals surface area contributed by atoms with E-state index in [1.54, 1.807) is 13.0 Å². The largest absolute Gasteiger partial charge is 0.494 e. The Bertz CT molecular complexity index is 1240. The number of nitroso groups, excluding NO2 is 1. The number of halogens is 3. The van der Waals surface area contributed by atoms with Gasteiger partial charge in [0.25, 0.3) is 5.91 Å². The lowest BCUT2D eigenvalue weighted by Gasteiger charge is -2.15. The molecular weight excluding hydrogens is 455 g/mol. The highest BCUT2D eigenvalue weighted by atomic mass is 19.4. The zero-order chi connectivity index (χ0) is 24.6. The Morgan fingerprint density at radius 1 is 1.26 bits per heavy atom. The molecule has 12 heteroatoms. The number of carbonyl (C=O) groups is 1. The van der Waals surface area contributed by atoms with E-state index in [9.17, 15) is 22.9 Å². The van der Waals surface area contributed by atoms with Gasteiger partial charge in [0.2, 0.25) is 5.89 Å². The highest BCUT2D eigenvalue weighted by Crippen LogP contribution is 2.37. The second kappa shape index (κ2) is 9.01. The van der Waals surface area contributed by atoms with Crippen LogP contribution < -0.4 is 15.8 Å². The predicted octanol–water partition coefficient (Wildman–Crippen LogP) is 4.35. The number of pyridine rings is 1. The third-order valence-electron chi connectivity index (χ3n) is 5.77. The van der Waals surface area contributed by atoms with Crippen LogP contribution in [0.2, 0.25) is 0 Å². The van der Waals surface area contributed by atoms with Gasteiger partial charge in [0, 0.05) is 10.9 Å². The lowest BCUT2D eigenvalue weighted by atomic mass is 10.1. The molecule has 0 radical (unpaired) electrons. The van der Waals surface area contributed by atoms with Crippen LogP contribution in [0, 0.1) is 4.91 Å². The van der Waals surface area contributed by atoms with Crippen LogP contribution in [0.1, 0.15) is 54.2 Å². The minimum absolute atomic E-state index is 0.0110. The van der Waals surface area contributed by atoms with Crippen molar-refractivity contribution in [3.05, 3.63) is 46.3 Å². The van der Waals surface area contributed by atoms with Gasteiger partial charge in [0.15, 0.2) is 11.5 Å². The molecule has 2 aromatic heterocycles. The van der Waals surface area contributed by atoms with Crippen LogP contribution in [-0.2, 0) is 6.18 Å². The molecule has 34 heavy (non-hydrogen) atoms. The minimum Gasteiger partial charge on any atom is -0.494 e. The molecule has 0 spiro atoms. The second-order valence-electron chi connectivity index (χ2n) is 8.11. The number of rotatable bonds is 6. The van der Waals surface area contributed by atoms with Crippen LogP contribution in [0.3, 0.4) is 0 Å². The Labute approximate surface area is 191 Å². The molecular formula is C22H22F3N5O4. The van der Waals surface area contributed by atoms with Crippen LogP contribution in [-0.4, -0.2) is 35.1 Å². The first-order chi connectivity index (χ1) is 16.1. The number of nitrogens with two attached hydrogens (primary N) is 1. The maximum Gasteiger partial charge on any atom is 0.433 e. The minimum atomic E-state index is -4.64. The van der Waals surface area contributed by atoms with Crippen LogP contribution >= 0.6 is 0 Å². The summed E-state index contributed by atoms with van der Waals surface area (Å²) in [6, 6.07) is 3.45. The van der Waals surface area contributed by atoms with Gasteiger partial charge in [-0.25, -0.2) is 9.97 Å². The summed E-state index contributed by atoms with van der Waals surface area (Å²) in [6.45, 7) is 1.61. The van der Waals surface area contributed by atoms with E-state index in [-0.39, 0.29) is 34.0 Å². The number of carbonyl (C=O) groups excluding carboxylic acids is 1. The lowest BCUT2D eigenvalue weighted by molar-refractivity contribution is -0.140. The first-order valence-electron chi connectivity index (χ1n) is 10.6. The number of nitrogens with one attached hydrogen (secondary N) is 1. The molecule has 1 aliphatic rings. The van der Waals surface area contributed by atoms with Gasteiger partial charge < -0.3 is 20.2 Å². The summed E-state index contributed by atoms with van der Waals surface area (Å²) >= 11 is 0. The highest BCUT2D eigenvalue weighted by Gasteiger charge is 2.34. The second-order valence-corrected chi connectivity index (χ2v) is 8.11. The molecule has 1 amide bonds. The summed E-state index contributed by atoms with van der Waals surface area (Å²) < 4.78 is 50.6. The normalized spacial score (nSPS) is 19.2. The molecule has 1 fully saturated rings. The van der Waals surface area contributed by atoms with E-state index in [1.807, 2.05) is 0 Å². The van der Waals surface area contributed by atoms with E-state index in [4.69, 9.17) is 14.9 Å². The van der Waals surface area contributed by atoms with Crippen molar-refractivity contribution in [2.24, 2.45) is 10.9 Å². The number of amides is 1. The zero-order valence-electron chi connectivity index (χ0n) is 18.3. The van der Waals surface area contributed by atoms with Gasteiger partial charge in [-0.05, 0) is 50.5 Å². The number of methoxy groups -OCH3 is 1. The predicted molar refractivity (Wildman–Crippen MR) is 116 cm³/mol. The highest BCUT2D eigenvalue weighted by molar-refractivity contribution is 5.98. The number of fused-ring (bicyclic) bond motifs is 1. The van der Waals surface area contributed by atoms with Crippen molar-refractivity contribution in [3.63, 3.8) is 0 Å². The molecule has 3 aromatic rings. The molecule has 1 aromatic carbocycles. The Morgan fingerprint density at radius 3 is 2.68 bits per heavy atom. The van der Waals surface area contributed by atoms with Gasteiger partial charge in [-0.2, -0.15) is 18.1 Å². The summed E-state index contributed by atoms with van der Waals surface area (Å²) in [5.74, 6) is -0.346. The van der Waals surface area contributed by atoms with E-state index in [0.717, 1.165) is 12.5 Å². The number of aromatic nitrogens is 2. The molecule has 0 saturated heterocycles. The van der Waals surface area contributed by atoms with Gasteiger partial charge >= 0.3 is 6.18 Å². The van der Waals surface area contributed by atoms with Crippen molar-refractivity contribution < 1.29 is 27.1 Å². The van der Waals surface area contributed by atoms with Crippen molar-refractivity contribution in [1.29, 1.82) is 0 Å². The van der Waals surface area contributed by atoms with Crippen molar-refractivity contribution >= 4 is 16.8 Å². The number of nitrogens with zero attached hydrogens (tertiary/aromatic N) is 3. The van der Waals surface area contributed by atoms with Crippen LogP contribution in [0.25, 0.3) is 22.4 Å². The van der Waals surface area contributed by atoms with Gasteiger partial charge in [0.1, 0.15) is 23.0 Å². The van der Waals surface area contributed by atoms with Crippen molar-refractivity contribution in [2.75, 3.05) is 7.11 Å². The summed E-state index contributed by atoms with van der Waals surface area (Å²) in [5, 5.41) is 6.13. The molecule has 9 nitrogen and oxygen atoms in total. The fraction of sp³-hybridized carbons (Fsp3) is 0.409. The number of benzene rings is 1. The van der Waals surface area contributed by atoms with Gasteiger partial charge in [-0.15, -0.1) is 0 Å². The molecule has 0 bridgehead atoms. The topological polar surface area (TPSA) is 133 Å². The Kier molecular flexibility index (Phi) is 6.26. The van der Waals surface area contributed by atoms with E-state index in [1.165, 1.54) is 19.2 Å². The fourth-order valence-electron chi connectivity index (χ4n) is 4.09. The summed E-state index contributed by atoms with van der Waals surface area (Å²) in [7, 11) is 1.32. The maximum absolute atomic E-state index is 13.2. The number of oxazole rings is 1. The molecule has 2 unspecified atom stereocenters. The van der Waals surface area contributed by atoms with Crippen LogP contribution in [0.4, 0.5) is 13.2 Å². The monoisotopic (exact) mass is 477 g/mol.